The molecule has 0 aliphatic heterocycles. The summed E-state index contributed by atoms with van der Waals surface area (Å²) in [5, 5.41) is 0.896. The van der Waals surface area contributed by atoms with Crippen LogP contribution in [0.25, 0.3) is 10.9 Å². The van der Waals surface area contributed by atoms with E-state index in [1.807, 2.05) is 54.6 Å². The minimum absolute atomic E-state index is 0.0850. The van der Waals surface area contributed by atoms with E-state index in [1.54, 1.807) is 13.3 Å². The molecule has 3 heteroatoms. The Labute approximate surface area is 123 Å². The fourth-order valence-electron chi connectivity index (χ4n) is 2.41. The first-order chi connectivity index (χ1) is 10.3. The lowest BCUT2D eigenvalue weighted by atomic mass is 9.99. The van der Waals surface area contributed by atoms with Crippen molar-refractivity contribution in [1.29, 1.82) is 0 Å². The zero-order chi connectivity index (χ0) is 14.7. The second kappa shape index (κ2) is 5.75. The fraction of sp³-hybridized carbons (Fsp3) is 0.111. The van der Waals surface area contributed by atoms with Gasteiger partial charge in [-0.3, -0.25) is 9.78 Å². The number of hydrogen-bond donors (Lipinski definition) is 0. The maximum absolute atomic E-state index is 12.6. The molecule has 0 aliphatic rings. The second-order valence-electron chi connectivity index (χ2n) is 4.83. The van der Waals surface area contributed by atoms with Crippen LogP contribution in [-0.2, 0) is 6.42 Å². The molecule has 0 unspecified atom stereocenters. The standard InChI is InChI=1S/C18H15NO2/c1-21-14-6-2-5-13(11-14)12-18(20)16-7-3-9-17-15(16)8-4-10-19-17/h2-11H,12H2,1H3. The van der Waals surface area contributed by atoms with E-state index in [0.717, 1.165) is 22.2 Å². The van der Waals surface area contributed by atoms with Gasteiger partial charge in [0.25, 0.3) is 0 Å². The lowest BCUT2D eigenvalue weighted by Gasteiger charge is -2.06. The predicted molar refractivity (Wildman–Crippen MR) is 82.8 cm³/mol. The Morgan fingerprint density at radius 3 is 2.81 bits per heavy atom. The van der Waals surface area contributed by atoms with Crippen LogP contribution in [0.1, 0.15) is 15.9 Å². The van der Waals surface area contributed by atoms with Crippen LogP contribution in [-0.4, -0.2) is 17.9 Å². The summed E-state index contributed by atoms with van der Waals surface area (Å²) in [6, 6.07) is 17.0. The number of methoxy groups -OCH3 is 1. The van der Waals surface area contributed by atoms with Crippen molar-refractivity contribution in [3.8, 4) is 5.75 Å². The molecule has 1 heterocycles. The minimum atomic E-state index is 0.0850. The average Bonchev–Trinajstić information content (AvgIpc) is 2.54. The molecular formula is C18H15NO2. The maximum atomic E-state index is 12.6. The van der Waals surface area contributed by atoms with Crippen molar-refractivity contribution in [3.05, 3.63) is 71.9 Å². The Balaban J connectivity index is 1.93. The number of rotatable bonds is 4. The van der Waals surface area contributed by atoms with Gasteiger partial charge in [0.05, 0.1) is 12.6 Å². The largest absolute Gasteiger partial charge is 0.497 e. The van der Waals surface area contributed by atoms with Crippen LogP contribution in [0.3, 0.4) is 0 Å². The minimum Gasteiger partial charge on any atom is -0.497 e. The summed E-state index contributed by atoms with van der Waals surface area (Å²) in [6.07, 6.45) is 2.09. The van der Waals surface area contributed by atoms with Crippen molar-refractivity contribution in [2.45, 2.75) is 6.42 Å². The van der Waals surface area contributed by atoms with E-state index >= 15 is 0 Å². The lowest BCUT2D eigenvalue weighted by molar-refractivity contribution is 0.0994. The van der Waals surface area contributed by atoms with Gasteiger partial charge in [-0.15, -0.1) is 0 Å². The molecule has 104 valence electrons. The van der Waals surface area contributed by atoms with Gasteiger partial charge in [0, 0.05) is 23.6 Å². The third-order valence-electron chi connectivity index (χ3n) is 3.44. The van der Waals surface area contributed by atoms with Crippen LogP contribution in [0.15, 0.2) is 60.8 Å². The number of carbonyl (C=O) groups excluding carboxylic acids is 1. The van der Waals surface area contributed by atoms with Crippen LogP contribution in [0.5, 0.6) is 5.75 Å². The lowest BCUT2D eigenvalue weighted by Crippen LogP contribution is -2.04. The molecule has 1 aromatic heterocycles. The van der Waals surface area contributed by atoms with Gasteiger partial charge in [-0.2, -0.15) is 0 Å². The smallest absolute Gasteiger partial charge is 0.167 e. The molecule has 0 bridgehead atoms. The predicted octanol–water partition coefficient (Wildman–Crippen LogP) is 3.67. The summed E-state index contributed by atoms with van der Waals surface area (Å²) in [4.78, 5) is 16.8. The number of carbonyl (C=O) groups is 1. The van der Waals surface area contributed by atoms with Gasteiger partial charge in [-0.1, -0.05) is 30.3 Å². The first-order valence-electron chi connectivity index (χ1n) is 6.78. The number of Topliss-reactive ketones (excluding diaryl/α,β-unsaturated/α-hetero) is 1. The van der Waals surface area contributed by atoms with E-state index in [4.69, 9.17) is 4.74 Å². The van der Waals surface area contributed by atoms with Crippen LogP contribution in [0, 0.1) is 0 Å². The van der Waals surface area contributed by atoms with E-state index in [1.165, 1.54) is 0 Å². The van der Waals surface area contributed by atoms with Crippen molar-refractivity contribution < 1.29 is 9.53 Å². The Morgan fingerprint density at radius 1 is 1.10 bits per heavy atom. The van der Waals surface area contributed by atoms with Crippen LogP contribution in [0.2, 0.25) is 0 Å². The monoisotopic (exact) mass is 277 g/mol. The van der Waals surface area contributed by atoms with Crippen LogP contribution >= 0.6 is 0 Å². The van der Waals surface area contributed by atoms with E-state index in [2.05, 4.69) is 4.98 Å². The third kappa shape index (κ3) is 2.77. The average molecular weight is 277 g/mol. The van der Waals surface area contributed by atoms with E-state index in [-0.39, 0.29) is 5.78 Å². The number of ketones is 1. The van der Waals surface area contributed by atoms with Gasteiger partial charge in [-0.25, -0.2) is 0 Å². The Bertz CT molecular complexity index is 791. The highest BCUT2D eigenvalue weighted by atomic mass is 16.5. The van der Waals surface area contributed by atoms with Gasteiger partial charge < -0.3 is 4.74 Å². The van der Waals surface area contributed by atoms with E-state index in [0.29, 0.717) is 12.0 Å². The molecule has 0 aliphatic carbocycles. The molecule has 0 atom stereocenters. The second-order valence-corrected chi connectivity index (χ2v) is 4.83. The molecule has 0 radical (unpaired) electrons. The molecule has 0 fully saturated rings. The Morgan fingerprint density at radius 2 is 1.95 bits per heavy atom. The summed E-state index contributed by atoms with van der Waals surface area (Å²) < 4.78 is 5.19. The molecule has 3 nitrogen and oxygen atoms in total. The summed E-state index contributed by atoms with van der Waals surface area (Å²) in [7, 11) is 1.62. The number of ether oxygens (including phenoxy) is 1. The molecule has 0 spiro atoms. The molecule has 0 amide bonds. The van der Waals surface area contributed by atoms with Crippen molar-refractivity contribution in [1.82, 2.24) is 4.98 Å². The number of nitrogens with zero attached hydrogens (tertiary/aromatic N) is 1. The van der Waals surface area contributed by atoms with Gasteiger partial charge in [0.1, 0.15) is 5.75 Å². The molecule has 2 aromatic carbocycles. The van der Waals surface area contributed by atoms with Gasteiger partial charge in [0.15, 0.2) is 5.78 Å². The van der Waals surface area contributed by atoms with Crippen molar-refractivity contribution in [2.75, 3.05) is 7.11 Å². The van der Waals surface area contributed by atoms with Crippen LogP contribution < -0.4 is 4.74 Å². The quantitative estimate of drug-likeness (QED) is 0.683. The first kappa shape index (κ1) is 13.3. The number of hydrogen-bond acceptors (Lipinski definition) is 3. The molecule has 3 aromatic rings. The van der Waals surface area contributed by atoms with Crippen molar-refractivity contribution >= 4 is 16.7 Å². The molecule has 0 saturated carbocycles. The number of benzene rings is 2. The zero-order valence-electron chi connectivity index (χ0n) is 11.7. The zero-order valence-corrected chi connectivity index (χ0v) is 11.7. The summed E-state index contributed by atoms with van der Waals surface area (Å²) in [5.41, 5.74) is 2.50. The highest BCUT2D eigenvalue weighted by molar-refractivity contribution is 6.08. The fourth-order valence-corrected chi connectivity index (χ4v) is 2.41. The Kier molecular flexibility index (Phi) is 3.65. The number of aromatic nitrogens is 1. The highest BCUT2D eigenvalue weighted by Crippen LogP contribution is 2.20. The highest BCUT2D eigenvalue weighted by Gasteiger charge is 2.11. The SMILES string of the molecule is COc1cccc(CC(=O)c2cccc3ncccc23)c1. The maximum Gasteiger partial charge on any atom is 0.167 e. The normalized spacial score (nSPS) is 10.5. The van der Waals surface area contributed by atoms with Gasteiger partial charge >= 0.3 is 0 Å². The summed E-state index contributed by atoms with van der Waals surface area (Å²) in [6.45, 7) is 0. The van der Waals surface area contributed by atoms with Crippen molar-refractivity contribution in [2.24, 2.45) is 0 Å². The van der Waals surface area contributed by atoms with E-state index < -0.39 is 0 Å². The Hall–Kier alpha value is -2.68. The van der Waals surface area contributed by atoms with E-state index in [9.17, 15) is 4.79 Å². The summed E-state index contributed by atoms with van der Waals surface area (Å²) >= 11 is 0. The third-order valence-corrected chi connectivity index (χ3v) is 3.44. The number of pyridine rings is 1. The number of fused-ring (bicyclic) bond motifs is 1. The van der Waals surface area contributed by atoms with Crippen LogP contribution in [0.4, 0.5) is 0 Å². The summed E-state index contributed by atoms with van der Waals surface area (Å²) in [5.74, 6) is 0.849. The molecule has 0 N–H and O–H groups in total. The molecule has 0 saturated heterocycles. The van der Waals surface area contributed by atoms with Crippen molar-refractivity contribution in [3.63, 3.8) is 0 Å². The van der Waals surface area contributed by atoms with Gasteiger partial charge in [0.2, 0.25) is 0 Å². The molecule has 21 heavy (non-hydrogen) atoms. The molecule has 3 rings (SSSR count). The van der Waals surface area contributed by atoms with Gasteiger partial charge in [-0.05, 0) is 29.8 Å². The first-order valence-corrected chi connectivity index (χ1v) is 6.78. The topological polar surface area (TPSA) is 39.2 Å². The molecular weight excluding hydrogens is 262 g/mol.